The maximum absolute atomic E-state index is 6.41. The molecule has 33 heavy (non-hydrogen) atoms. The van der Waals surface area contributed by atoms with Crippen molar-refractivity contribution in [3.05, 3.63) is 138 Å². The summed E-state index contributed by atoms with van der Waals surface area (Å²) in [5, 5.41) is 2.53. The summed E-state index contributed by atoms with van der Waals surface area (Å²) in [5.74, 6) is 0. The van der Waals surface area contributed by atoms with Gasteiger partial charge in [-0.15, -0.1) is 11.3 Å². The molecule has 0 unspecified atom stereocenters. The second-order valence-corrected chi connectivity index (χ2v) is 9.74. The second-order valence-electron chi connectivity index (χ2n) is 8.72. The molecule has 0 atom stereocenters. The Labute approximate surface area is 196 Å². The fourth-order valence-corrected chi connectivity index (χ4v) is 7.09. The monoisotopic (exact) mass is 439 g/mol. The van der Waals surface area contributed by atoms with Crippen LogP contribution >= 0.6 is 11.3 Å². The Morgan fingerprint density at radius 2 is 1.15 bits per heavy atom. The van der Waals surface area contributed by atoms with Gasteiger partial charge in [-0.25, -0.2) is 0 Å². The molecule has 1 nitrogen and oxygen atoms in total. The van der Waals surface area contributed by atoms with E-state index in [1.165, 1.54) is 53.6 Å². The standard InChI is InChI=1S/C31H21NS/c32-27-17-9-15-22-23-18-19-26-28(30(23)33-29(22)27)24-14-7-8-16-25(24)31(26,20-10-3-1-4-11-20)21-12-5-2-6-13-21/h1-19H,32H2. The molecule has 6 aromatic rings. The molecule has 0 spiro atoms. The number of benzene rings is 5. The number of nitrogens with two attached hydrogens (primary N) is 1. The van der Waals surface area contributed by atoms with Crippen molar-refractivity contribution in [2.24, 2.45) is 0 Å². The fourth-order valence-electron chi connectivity index (χ4n) is 5.80. The van der Waals surface area contributed by atoms with E-state index in [-0.39, 0.29) is 5.41 Å². The van der Waals surface area contributed by atoms with E-state index in [1.807, 2.05) is 17.4 Å². The van der Waals surface area contributed by atoms with Crippen molar-refractivity contribution in [1.29, 1.82) is 0 Å². The first kappa shape index (κ1) is 18.7. The van der Waals surface area contributed by atoms with Crippen molar-refractivity contribution in [3.8, 4) is 11.1 Å². The Morgan fingerprint density at radius 1 is 0.515 bits per heavy atom. The van der Waals surface area contributed by atoms with Gasteiger partial charge in [-0.2, -0.15) is 0 Å². The van der Waals surface area contributed by atoms with Gasteiger partial charge in [-0.1, -0.05) is 109 Å². The predicted molar refractivity (Wildman–Crippen MR) is 141 cm³/mol. The topological polar surface area (TPSA) is 26.0 Å². The Kier molecular flexibility index (Phi) is 3.85. The Balaban J connectivity index is 1.71. The van der Waals surface area contributed by atoms with Gasteiger partial charge in [-0.05, 0) is 33.9 Å². The number of hydrogen-bond acceptors (Lipinski definition) is 2. The van der Waals surface area contributed by atoms with Gasteiger partial charge in [0.2, 0.25) is 0 Å². The van der Waals surface area contributed by atoms with Crippen molar-refractivity contribution in [2.75, 3.05) is 5.73 Å². The van der Waals surface area contributed by atoms with E-state index in [2.05, 4.69) is 109 Å². The lowest BCUT2D eigenvalue weighted by Gasteiger charge is -2.33. The average molecular weight is 440 g/mol. The average Bonchev–Trinajstić information content (AvgIpc) is 3.40. The van der Waals surface area contributed by atoms with E-state index in [1.54, 1.807) is 0 Å². The molecule has 0 bridgehead atoms. The van der Waals surface area contributed by atoms with E-state index in [0.29, 0.717) is 0 Å². The van der Waals surface area contributed by atoms with Crippen molar-refractivity contribution in [1.82, 2.24) is 0 Å². The van der Waals surface area contributed by atoms with Crippen LogP contribution < -0.4 is 5.73 Å². The van der Waals surface area contributed by atoms with Gasteiger partial charge in [0.25, 0.3) is 0 Å². The lowest BCUT2D eigenvalue weighted by molar-refractivity contribution is 0.769. The molecule has 1 aromatic heterocycles. The molecule has 1 heterocycles. The second kappa shape index (κ2) is 6.81. The van der Waals surface area contributed by atoms with E-state index < -0.39 is 0 Å². The summed E-state index contributed by atoms with van der Waals surface area (Å²) in [6.07, 6.45) is 0. The van der Waals surface area contributed by atoms with Crippen LogP contribution in [0.5, 0.6) is 0 Å². The van der Waals surface area contributed by atoms with Gasteiger partial charge >= 0.3 is 0 Å². The van der Waals surface area contributed by atoms with Crippen molar-refractivity contribution in [2.45, 2.75) is 5.41 Å². The van der Waals surface area contributed by atoms with Crippen LogP contribution in [-0.4, -0.2) is 0 Å². The minimum Gasteiger partial charge on any atom is -0.398 e. The van der Waals surface area contributed by atoms with Crippen LogP contribution in [0, 0.1) is 0 Å². The van der Waals surface area contributed by atoms with Gasteiger partial charge in [0.05, 0.1) is 10.1 Å². The molecule has 0 amide bonds. The first-order valence-corrected chi connectivity index (χ1v) is 12.1. The highest BCUT2D eigenvalue weighted by atomic mass is 32.1. The molecule has 5 aromatic carbocycles. The Hall–Kier alpha value is -3.88. The minimum atomic E-state index is -0.357. The van der Waals surface area contributed by atoms with Crippen LogP contribution in [0.1, 0.15) is 22.3 Å². The molecule has 0 saturated heterocycles. The Morgan fingerprint density at radius 3 is 1.88 bits per heavy atom. The Bertz CT molecular complexity index is 1620. The van der Waals surface area contributed by atoms with Crippen molar-refractivity contribution < 1.29 is 0 Å². The highest BCUT2D eigenvalue weighted by molar-refractivity contribution is 7.27. The number of fused-ring (bicyclic) bond motifs is 7. The summed E-state index contributed by atoms with van der Waals surface area (Å²) in [6, 6.07) is 41.7. The third-order valence-electron chi connectivity index (χ3n) is 7.12. The molecule has 1 aliphatic carbocycles. The summed E-state index contributed by atoms with van der Waals surface area (Å²) >= 11 is 1.82. The molecular weight excluding hydrogens is 418 g/mol. The van der Waals surface area contributed by atoms with Crippen LogP contribution in [0.2, 0.25) is 0 Å². The van der Waals surface area contributed by atoms with Crippen molar-refractivity contribution in [3.63, 3.8) is 0 Å². The molecule has 156 valence electrons. The first-order valence-electron chi connectivity index (χ1n) is 11.3. The lowest BCUT2D eigenvalue weighted by atomic mass is 9.68. The summed E-state index contributed by atoms with van der Waals surface area (Å²) < 4.78 is 2.50. The van der Waals surface area contributed by atoms with Crippen LogP contribution in [0.15, 0.2) is 115 Å². The van der Waals surface area contributed by atoms with Crippen molar-refractivity contribution >= 4 is 37.2 Å². The molecule has 2 heteroatoms. The van der Waals surface area contributed by atoms with Gasteiger partial charge in [0.15, 0.2) is 0 Å². The lowest BCUT2D eigenvalue weighted by Crippen LogP contribution is -2.28. The van der Waals surface area contributed by atoms with E-state index in [9.17, 15) is 0 Å². The zero-order valence-electron chi connectivity index (χ0n) is 18.0. The highest BCUT2D eigenvalue weighted by Crippen LogP contribution is 2.59. The molecule has 1 aliphatic rings. The van der Waals surface area contributed by atoms with E-state index in [4.69, 9.17) is 5.73 Å². The van der Waals surface area contributed by atoms with E-state index in [0.717, 1.165) is 5.69 Å². The summed E-state index contributed by atoms with van der Waals surface area (Å²) in [4.78, 5) is 0. The summed E-state index contributed by atoms with van der Waals surface area (Å²) in [5.41, 5.74) is 14.8. The summed E-state index contributed by atoms with van der Waals surface area (Å²) in [6.45, 7) is 0. The number of nitrogen functional groups attached to an aromatic ring is 1. The number of rotatable bonds is 2. The van der Waals surface area contributed by atoms with Gasteiger partial charge in [-0.3, -0.25) is 0 Å². The zero-order valence-corrected chi connectivity index (χ0v) is 18.8. The third-order valence-corrected chi connectivity index (χ3v) is 8.40. The minimum absolute atomic E-state index is 0.357. The molecule has 0 radical (unpaired) electrons. The van der Waals surface area contributed by atoms with Gasteiger partial charge in [0, 0.05) is 26.7 Å². The number of anilines is 1. The molecule has 0 fully saturated rings. The normalized spacial score (nSPS) is 13.8. The molecular formula is C31H21NS. The van der Waals surface area contributed by atoms with Crippen LogP contribution in [-0.2, 0) is 5.41 Å². The first-order chi connectivity index (χ1) is 16.3. The molecule has 0 aliphatic heterocycles. The maximum atomic E-state index is 6.41. The maximum Gasteiger partial charge on any atom is 0.0714 e. The zero-order chi connectivity index (χ0) is 22.0. The molecule has 7 rings (SSSR count). The predicted octanol–water partition coefficient (Wildman–Crippen LogP) is 8.00. The van der Waals surface area contributed by atoms with Crippen LogP contribution in [0.25, 0.3) is 31.3 Å². The molecule has 2 N–H and O–H groups in total. The largest absolute Gasteiger partial charge is 0.398 e. The highest BCUT2D eigenvalue weighted by Gasteiger charge is 2.46. The third kappa shape index (κ3) is 2.36. The quantitative estimate of drug-likeness (QED) is 0.271. The van der Waals surface area contributed by atoms with Gasteiger partial charge < -0.3 is 5.73 Å². The fraction of sp³-hybridized carbons (Fsp3) is 0.0323. The smallest absolute Gasteiger partial charge is 0.0714 e. The van der Waals surface area contributed by atoms with E-state index >= 15 is 0 Å². The molecule has 0 saturated carbocycles. The van der Waals surface area contributed by atoms with Crippen LogP contribution in [0.3, 0.4) is 0 Å². The number of hydrogen-bond donors (Lipinski definition) is 1. The van der Waals surface area contributed by atoms with Crippen LogP contribution in [0.4, 0.5) is 5.69 Å². The SMILES string of the molecule is Nc1cccc2c1sc1c3c(ccc12)C(c1ccccc1)(c1ccccc1)c1ccccc1-3. The van der Waals surface area contributed by atoms with Gasteiger partial charge in [0.1, 0.15) is 0 Å². The number of thiophene rings is 1. The summed E-state index contributed by atoms with van der Waals surface area (Å²) in [7, 11) is 0.